The van der Waals surface area contributed by atoms with Crippen LogP contribution in [-0.2, 0) is 17.8 Å². The minimum atomic E-state index is -0.0421. The van der Waals surface area contributed by atoms with E-state index in [1.165, 1.54) is 0 Å². The molecule has 0 aliphatic carbocycles. The highest BCUT2D eigenvalue weighted by Crippen LogP contribution is 2.01. The molecule has 78 valence electrons. The zero-order valence-corrected chi connectivity index (χ0v) is 8.19. The van der Waals surface area contributed by atoms with Crippen LogP contribution in [0, 0.1) is 0 Å². The van der Waals surface area contributed by atoms with Crippen LogP contribution in [0.25, 0.3) is 0 Å². The quantitative estimate of drug-likeness (QED) is 0.792. The molecule has 0 unspecified atom stereocenters. The van der Waals surface area contributed by atoms with Gasteiger partial charge in [0.1, 0.15) is 5.76 Å². The number of furan rings is 1. The Kier molecular flexibility index (Phi) is 2.88. The van der Waals surface area contributed by atoms with Crippen LogP contribution in [0.2, 0.25) is 0 Å². The number of aromatic amines is 1. The maximum Gasteiger partial charge on any atom is 0.227 e. The molecule has 15 heavy (non-hydrogen) atoms. The van der Waals surface area contributed by atoms with Crippen LogP contribution in [-0.4, -0.2) is 10.9 Å². The summed E-state index contributed by atoms with van der Waals surface area (Å²) >= 11 is 0. The molecule has 1 amide bonds. The van der Waals surface area contributed by atoms with Crippen molar-refractivity contribution in [1.82, 2.24) is 10.3 Å². The van der Waals surface area contributed by atoms with Crippen molar-refractivity contribution in [2.24, 2.45) is 0 Å². The molecule has 0 aliphatic rings. The summed E-state index contributed by atoms with van der Waals surface area (Å²) in [6.07, 6.45) is 3.68. The Bertz CT molecular complexity index is 404. The lowest BCUT2D eigenvalue weighted by atomic mass is 10.3. The van der Waals surface area contributed by atoms with Crippen molar-refractivity contribution in [3.63, 3.8) is 0 Å². The maximum absolute atomic E-state index is 11.4. The van der Waals surface area contributed by atoms with E-state index in [0.717, 1.165) is 5.69 Å². The van der Waals surface area contributed by atoms with E-state index in [-0.39, 0.29) is 12.3 Å². The van der Waals surface area contributed by atoms with Crippen molar-refractivity contribution in [3.8, 4) is 0 Å². The van der Waals surface area contributed by atoms with Crippen LogP contribution in [0.5, 0.6) is 0 Å². The third-order valence-electron chi connectivity index (χ3n) is 2.05. The highest BCUT2D eigenvalue weighted by molar-refractivity contribution is 5.77. The average molecular weight is 204 g/mol. The van der Waals surface area contributed by atoms with Crippen LogP contribution in [0.1, 0.15) is 11.5 Å². The van der Waals surface area contributed by atoms with Gasteiger partial charge in [-0.25, -0.2) is 0 Å². The Hall–Kier alpha value is -1.97. The summed E-state index contributed by atoms with van der Waals surface area (Å²) in [5.74, 6) is 0.638. The van der Waals surface area contributed by atoms with Gasteiger partial charge in [-0.2, -0.15) is 0 Å². The topological polar surface area (TPSA) is 58.0 Å². The molecule has 0 saturated carbocycles. The number of carbonyl (C=O) groups is 1. The summed E-state index contributed by atoms with van der Waals surface area (Å²) in [4.78, 5) is 14.4. The van der Waals surface area contributed by atoms with Crippen LogP contribution in [0.4, 0.5) is 0 Å². The van der Waals surface area contributed by atoms with Gasteiger partial charge in [0.25, 0.3) is 0 Å². The Morgan fingerprint density at radius 2 is 2.33 bits per heavy atom. The van der Waals surface area contributed by atoms with E-state index in [9.17, 15) is 4.79 Å². The van der Waals surface area contributed by atoms with Crippen LogP contribution < -0.4 is 5.32 Å². The Morgan fingerprint density at radius 3 is 3.00 bits per heavy atom. The van der Waals surface area contributed by atoms with E-state index in [0.29, 0.717) is 12.3 Å². The van der Waals surface area contributed by atoms with Crippen molar-refractivity contribution >= 4 is 5.91 Å². The molecular formula is C11H12N2O2. The first-order chi connectivity index (χ1) is 7.34. The van der Waals surface area contributed by atoms with Crippen molar-refractivity contribution < 1.29 is 9.21 Å². The highest BCUT2D eigenvalue weighted by Gasteiger charge is 2.04. The van der Waals surface area contributed by atoms with Gasteiger partial charge >= 0.3 is 0 Å². The molecule has 2 aromatic heterocycles. The van der Waals surface area contributed by atoms with Gasteiger partial charge in [0.2, 0.25) is 5.91 Å². The van der Waals surface area contributed by atoms with E-state index in [1.54, 1.807) is 18.4 Å². The number of rotatable bonds is 4. The van der Waals surface area contributed by atoms with Crippen molar-refractivity contribution in [1.29, 1.82) is 0 Å². The highest BCUT2D eigenvalue weighted by atomic mass is 16.3. The molecular weight excluding hydrogens is 192 g/mol. The zero-order valence-electron chi connectivity index (χ0n) is 8.19. The fourth-order valence-electron chi connectivity index (χ4n) is 1.31. The second kappa shape index (κ2) is 4.50. The molecule has 4 nitrogen and oxygen atoms in total. The first-order valence-corrected chi connectivity index (χ1v) is 4.76. The fraction of sp³-hybridized carbons (Fsp3) is 0.182. The van der Waals surface area contributed by atoms with Crippen molar-refractivity contribution in [3.05, 3.63) is 48.2 Å². The van der Waals surface area contributed by atoms with E-state index in [1.807, 2.05) is 18.3 Å². The normalized spacial score (nSPS) is 10.1. The van der Waals surface area contributed by atoms with Crippen molar-refractivity contribution in [2.75, 3.05) is 0 Å². The lowest BCUT2D eigenvalue weighted by Gasteiger charge is -2.01. The maximum atomic E-state index is 11.4. The third kappa shape index (κ3) is 2.74. The van der Waals surface area contributed by atoms with Crippen LogP contribution in [0.15, 0.2) is 41.1 Å². The summed E-state index contributed by atoms with van der Waals surface area (Å²) in [6.45, 7) is 0.520. The average Bonchev–Trinajstić information content (AvgIpc) is 2.86. The standard InChI is InChI=1S/C11H12N2O2/c14-11(7-10-4-2-6-15-10)13-8-9-3-1-5-12-9/h1-6,12H,7-8H2,(H,13,14). The fourth-order valence-corrected chi connectivity index (χ4v) is 1.31. The largest absolute Gasteiger partial charge is 0.469 e. The number of H-pyrrole nitrogens is 1. The van der Waals surface area contributed by atoms with Gasteiger partial charge in [0, 0.05) is 11.9 Å². The van der Waals surface area contributed by atoms with Crippen molar-refractivity contribution in [2.45, 2.75) is 13.0 Å². The summed E-state index contributed by atoms with van der Waals surface area (Å²) in [5, 5.41) is 2.79. The molecule has 0 aromatic carbocycles. The molecule has 2 heterocycles. The van der Waals surface area contributed by atoms with Gasteiger partial charge < -0.3 is 14.7 Å². The number of hydrogen-bond donors (Lipinski definition) is 2. The van der Waals surface area contributed by atoms with Gasteiger partial charge in [-0.3, -0.25) is 4.79 Å². The van der Waals surface area contributed by atoms with Gasteiger partial charge in [-0.15, -0.1) is 0 Å². The Balaban J connectivity index is 1.78. The molecule has 2 rings (SSSR count). The first-order valence-electron chi connectivity index (χ1n) is 4.76. The minimum absolute atomic E-state index is 0.0421. The molecule has 0 bridgehead atoms. The van der Waals surface area contributed by atoms with E-state index in [4.69, 9.17) is 4.42 Å². The number of amides is 1. The zero-order chi connectivity index (χ0) is 10.5. The molecule has 0 radical (unpaired) electrons. The van der Waals surface area contributed by atoms with Crippen LogP contribution >= 0.6 is 0 Å². The van der Waals surface area contributed by atoms with Gasteiger partial charge in [0.05, 0.1) is 19.2 Å². The molecule has 0 saturated heterocycles. The van der Waals surface area contributed by atoms with Gasteiger partial charge in [-0.1, -0.05) is 0 Å². The lowest BCUT2D eigenvalue weighted by molar-refractivity contribution is -0.120. The number of hydrogen-bond acceptors (Lipinski definition) is 2. The SMILES string of the molecule is O=C(Cc1ccco1)NCc1ccc[nH]1. The number of aromatic nitrogens is 1. The van der Waals surface area contributed by atoms with E-state index in [2.05, 4.69) is 10.3 Å². The number of carbonyl (C=O) groups excluding carboxylic acids is 1. The van der Waals surface area contributed by atoms with Gasteiger partial charge in [0.15, 0.2) is 0 Å². The Morgan fingerprint density at radius 1 is 1.40 bits per heavy atom. The van der Waals surface area contributed by atoms with E-state index >= 15 is 0 Å². The second-order valence-corrected chi connectivity index (χ2v) is 3.23. The molecule has 0 fully saturated rings. The van der Waals surface area contributed by atoms with E-state index < -0.39 is 0 Å². The monoisotopic (exact) mass is 204 g/mol. The third-order valence-corrected chi connectivity index (χ3v) is 2.05. The summed E-state index contributed by atoms with van der Waals surface area (Å²) in [7, 11) is 0. The molecule has 2 aromatic rings. The molecule has 0 spiro atoms. The lowest BCUT2D eigenvalue weighted by Crippen LogP contribution is -2.24. The molecule has 0 atom stereocenters. The predicted molar refractivity (Wildman–Crippen MR) is 55.1 cm³/mol. The van der Waals surface area contributed by atoms with Gasteiger partial charge in [-0.05, 0) is 24.3 Å². The summed E-state index contributed by atoms with van der Waals surface area (Å²) < 4.78 is 5.07. The predicted octanol–water partition coefficient (Wildman–Crippen LogP) is 1.47. The second-order valence-electron chi connectivity index (χ2n) is 3.23. The van der Waals surface area contributed by atoms with Crippen LogP contribution in [0.3, 0.4) is 0 Å². The first kappa shape index (κ1) is 9.58. The summed E-state index contributed by atoms with van der Waals surface area (Å²) in [5.41, 5.74) is 0.989. The molecule has 4 heteroatoms. The minimum Gasteiger partial charge on any atom is -0.469 e. The Labute approximate surface area is 87.3 Å². The molecule has 2 N–H and O–H groups in total. The number of nitrogens with one attached hydrogen (secondary N) is 2. The molecule has 0 aliphatic heterocycles. The smallest absolute Gasteiger partial charge is 0.227 e. The summed E-state index contributed by atoms with van der Waals surface area (Å²) in [6, 6.07) is 7.38.